The van der Waals surface area contributed by atoms with Gasteiger partial charge < -0.3 is 14.9 Å². The molecule has 2 aromatic carbocycles. The van der Waals surface area contributed by atoms with E-state index in [1.165, 1.54) is 22.2 Å². The average molecular weight is 746 g/mol. The first-order chi connectivity index (χ1) is 25.7. The number of amides is 2. The summed E-state index contributed by atoms with van der Waals surface area (Å²) < 4.78 is 6.44. The Kier molecular flexibility index (Phi) is 9.48. The van der Waals surface area contributed by atoms with Crippen LogP contribution in [0.15, 0.2) is 90.1 Å². The average Bonchev–Trinajstić information content (AvgIpc) is 3.80. The molecule has 0 radical (unpaired) electrons. The van der Waals surface area contributed by atoms with Crippen LogP contribution in [-0.4, -0.2) is 82.4 Å². The van der Waals surface area contributed by atoms with Gasteiger partial charge in [-0.1, -0.05) is 60.7 Å². The third kappa shape index (κ3) is 6.92. The number of rotatable bonds is 7. The summed E-state index contributed by atoms with van der Waals surface area (Å²) in [6.45, 7) is 5.49. The molecule has 4 aromatic heterocycles. The van der Waals surface area contributed by atoms with E-state index in [1.54, 1.807) is 6.20 Å². The number of thiazole rings is 1. The van der Waals surface area contributed by atoms with Gasteiger partial charge in [-0.25, -0.2) is 9.97 Å². The highest BCUT2D eigenvalue weighted by molar-refractivity contribution is 7.17. The molecule has 1 N–H and O–H groups in total. The summed E-state index contributed by atoms with van der Waals surface area (Å²) in [6.07, 6.45) is 4.47. The largest absolute Gasteiger partial charge is 0.388 e. The number of aliphatic hydroxyl groups is 1. The highest BCUT2D eigenvalue weighted by atomic mass is 32.1. The van der Waals surface area contributed by atoms with E-state index in [0.29, 0.717) is 71.9 Å². The third-order valence-corrected chi connectivity index (χ3v) is 12.6. The van der Waals surface area contributed by atoms with E-state index in [-0.39, 0.29) is 35.8 Å². The van der Waals surface area contributed by atoms with Gasteiger partial charge in [-0.05, 0) is 62.3 Å². The summed E-state index contributed by atoms with van der Waals surface area (Å²) in [5.41, 5.74) is 4.23. The van der Waals surface area contributed by atoms with Crippen LogP contribution in [0.2, 0.25) is 0 Å². The van der Waals surface area contributed by atoms with Gasteiger partial charge in [-0.3, -0.25) is 23.9 Å². The van der Waals surface area contributed by atoms with Crippen molar-refractivity contribution >= 4 is 44.9 Å². The maximum atomic E-state index is 14.3. The molecule has 2 aliphatic heterocycles. The van der Waals surface area contributed by atoms with Gasteiger partial charge >= 0.3 is 0 Å². The summed E-state index contributed by atoms with van der Waals surface area (Å²) in [4.78, 5) is 59.7. The van der Waals surface area contributed by atoms with E-state index < -0.39 is 5.60 Å². The molecule has 0 spiro atoms. The van der Waals surface area contributed by atoms with Crippen molar-refractivity contribution in [1.82, 2.24) is 33.7 Å². The minimum absolute atomic E-state index is 0.0366. The van der Waals surface area contributed by atoms with Crippen LogP contribution in [-0.2, 0) is 11.3 Å². The van der Waals surface area contributed by atoms with Crippen LogP contribution in [0, 0.1) is 19.8 Å². The smallest absolute Gasteiger partial charge is 0.273 e. The molecule has 8 rings (SSSR count). The van der Waals surface area contributed by atoms with E-state index in [4.69, 9.17) is 4.98 Å². The lowest BCUT2D eigenvalue weighted by Gasteiger charge is -2.43. The van der Waals surface area contributed by atoms with Gasteiger partial charge in [-0.15, -0.1) is 11.3 Å². The number of aromatic nitrogens is 5. The van der Waals surface area contributed by atoms with Crippen LogP contribution in [0.4, 0.5) is 0 Å². The number of nitrogens with zero attached hydrogens (tertiary/aromatic N) is 7. The number of aryl methyl sites for hydroxylation is 2. The van der Waals surface area contributed by atoms with Gasteiger partial charge in [0.25, 0.3) is 11.5 Å². The van der Waals surface area contributed by atoms with Crippen molar-refractivity contribution in [2.24, 2.45) is 5.92 Å². The number of carbonyl (C=O) groups excluding carboxylic acids is 2. The topological polar surface area (TPSA) is 134 Å². The number of likely N-dealkylation sites (tertiary alicyclic amines) is 2. The molecule has 0 unspecified atom stereocenters. The molecule has 2 fully saturated rings. The summed E-state index contributed by atoms with van der Waals surface area (Å²) in [5, 5.41) is 12.4. The van der Waals surface area contributed by atoms with Crippen molar-refractivity contribution in [3.63, 3.8) is 0 Å². The fraction of sp³-hybridized carbons (Fsp3) is 0.325. The van der Waals surface area contributed by atoms with Crippen LogP contribution in [0.3, 0.4) is 0 Å². The zero-order chi connectivity index (χ0) is 36.7. The molecule has 53 heavy (non-hydrogen) atoms. The Balaban J connectivity index is 0.954. The number of hydrogen-bond donors (Lipinski definition) is 1. The minimum atomic E-state index is -1.17. The van der Waals surface area contributed by atoms with E-state index >= 15 is 0 Å². The normalized spacial score (nSPS) is 18.7. The predicted octanol–water partition coefficient (Wildman–Crippen LogP) is 5.95. The van der Waals surface area contributed by atoms with E-state index in [2.05, 4.69) is 14.3 Å². The molecule has 13 heteroatoms. The van der Waals surface area contributed by atoms with Gasteiger partial charge in [0.15, 0.2) is 0 Å². The zero-order valence-electron chi connectivity index (χ0n) is 29.5. The van der Waals surface area contributed by atoms with Crippen LogP contribution in [0.1, 0.15) is 51.8 Å². The summed E-state index contributed by atoms with van der Waals surface area (Å²) >= 11 is 2.50. The maximum Gasteiger partial charge on any atom is 0.273 e. The van der Waals surface area contributed by atoms with Crippen LogP contribution < -0.4 is 5.56 Å². The first-order valence-electron chi connectivity index (χ1n) is 17.8. The van der Waals surface area contributed by atoms with Crippen LogP contribution >= 0.6 is 22.9 Å². The molecule has 11 nitrogen and oxygen atoms in total. The number of hydrogen-bond acceptors (Lipinski definition) is 10. The number of fused-ring (bicyclic) bond motifs is 1. The molecule has 270 valence electrons. The summed E-state index contributed by atoms with van der Waals surface area (Å²) in [7, 11) is 0. The number of carbonyl (C=O) groups is 2. The Bertz CT molecular complexity index is 2330. The van der Waals surface area contributed by atoms with Gasteiger partial charge in [0, 0.05) is 61.0 Å². The van der Waals surface area contributed by atoms with Crippen molar-refractivity contribution < 1.29 is 14.7 Å². The molecular weight excluding hydrogens is 707 g/mol. The summed E-state index contributed by atoms with van der Waals surface area (Å²) in [6, 6.07) is 23.5. The third-order valence-electron chi connectivity index (χ3n) is 10.6. The first-order valence-corrected chi connectivity index (χ1v) is 19.4. The highest BCUT2D eigenvalue weighted by Gasteiger charge is 2.42. The Hall–Kier alpha value is -5.11. The lowest BCUT2D eigenvalue weighted by atomic mass is 9.79. The molecule has 2 atom stereocenters. The second-order valence-electron chi connectivity index (χ2n) is 14.1. The van der Waals surface area contributed by atoms with Gasteiger partial charge in [-0.2, -0.15) is 4.37 Å². The van der Waals surface area contributed by atoms with Crippen LogP contribution in [0.25, 0.3) is 32.0 Å². The first kappa shape index (κ1) is 34.9. The van der Waals surface area contributed by atoms with Crippen molar-refractivity contribution in [2.75, 3.05) is 26.2 Å². The fourth-order valence-corrected chi connectivity index (χ4v) is 9.36. The predicted molar refractivity (Wildman–Crippen MR) is 206 cm³/mol. The van der Waals surface area contributed by atoms with Crippen LogP contribution in [0.5, 0.6) is 0 Å². The maximum absolute atomic E-state index is 14.3. The lowest BCUT2D eigenvalue weighted by molar-refractivity contribution is -0.142. The van der Waals surface area contributed by atoms with Crippen molar-refractivity contribution in [3.05, 3.63) is 118 Å². The van der Waals surface area contributed by atoms with Crippen molar-refractivity contribution in [2.45, 2.75) is 51.2 Å². The fourth-order valence-electron chi connectivity index (χ4n) is 7.53. The molecule has 6 aromatic rings. The molecule has 6 heterocycles. The quantitative estimate of drug-likeness (QED) is 0.212. The Morgan fingerprint density at radius 2 is 1.64 bits per heavy atom. The minimum Gasteiger partial charge on any atom is -0.388 e. The molecule has 2 amide bonds. The van der Waals surface area contributed by atoms with Gasteiger partial charge in [0.2, 0.25) is 5.91 Å². The summed E-state index contributed by atoms with van der Waals surface area (Å²) in [5.74, 6) is -0.537. The second-order valence-corrected chi connectivity index (χ2v) is 15.9. The van der Waals surface area contributed by atoms with Gasteiger partial charge in [0.1, 0.15) is 25.8 Å². The monoisotopic (exact) mass is 745 g/mol. The van der Waals surface area contributed by atoms with Crippen molar-refractivity contribution in [3.8, 4) is 21.8 Å². The van der Waals surface area contributed by atoms with E-state index in [0.717, 1.165) is 38.9 Å². The molecule has 0 bridgehead atoms. The SMILES string of the molecule is Cc1ccc(-c2nc(C)c(C(=O)N3CC[C@@H](C(=O)N4CCC(O)(Cn5cnc6c(-c7ccccc7)nsc6c5=O)CC4)[C@H](c4ccccc4)C3)s2)cn1. The van der Waals surface area contributed by atoms with Gasteiger partial charge in [0.05, 0.1) is 24.2 Å². The van der Waals surface area contributed by atoms with Crippen molar-refractivity contribution in [1.29, 1.82) is 0 Å². The number of pyridine rings is 1. The molecule has 2 saturated heterocycles. The number of piperidine rings is 2. The molecule has 2 aliphatic rings. The number of benzene rings is 2. The second kappa shape index (κ2) is 14.4. The highest BCUT2D eigenvalue weighted by Crippen LogP contribution is 2.37. The standard InChI is InChI=1S/C40H39N7O4S2/c1-25-13-14-29(21-41-25)36-43-26(2)34(52-36)38(49)46-18-15-30(31(22-46)27-9-5-3-6-10-27)37(48)45-19-16-40(51,17-20-45)23-47-24-42-33-32(28-11-7-4-8-12-28)44-53-35(33)39(47)50/h3-14,21,24,30-31,51H,15-20,22-23H2,1-2H3/t30-,31+/m1/s1. The Morgan fingerprint density at radius 1 is 0.906 bits per heavy atom. The zero-order valence-corrected chi connectivity index (χ0v) is 31.1. The Labute approximate surface area is 314 Å². The molecular formula is C40H39N7O4S2. The Morgan fingerprint density at radius 3 is 2.36 bits per heavy atom. The van der Waals surface area contributed by atoms with E-state index in [1.807, 2.05) is 96.4 Å². The molecule has 0 saturated carbocycles. The van der Waals surface area contributed by atoms with E-state index in [9.17, 15) is 19.5 Å². The molecule has 0 aliphatic carbocycles. The lowest BCUT2D eigenvalue weighted by Crippen LogP contribution is -2.53.